The standard InChI is InChI=1S/C25H22N4O4/c1-3-31-25-27-23(17-6-4-16(2)5-7-17)29(28-25)20-11-9-19(10-12-20)26-24(30)18-8-13-21-22(14-18)33-15-32-21/h4-14H,3,15H2,1-2H3,(H,26,30). The number of amides is 1. The molecule has 0 bridgehead atoms. The molecule has 8 nitrogen and oxygen atoms in total. The van der Waals surface area contributed by atoms with E-state index < -0.39 is 0 Å². The summed E-state index contributed by atoms with van der Waals surface area (Å²) in [6.07, 6.45) is 0. The van der Waals surface area contributed by atoms with Crippen molar-refractivity contribution >= 4 is 11.6 Å². The van der Waals surface area contributed by atoms with Gasteiger partial charge in [-0.25, -0.2) is 4.68 Å². The van der Waals surface area contributed by atoms with Crippen LogP contribution in [0.15, 0.2) is 66.7 Å². The molecule has 0 spiro atoms. The summed E-state index contributed by atoms with van der Waals surface area (Å²) in [6, 6.07) is 20.9. The predicted molar refractivity (Wildman–Crippen MR) is 123 cm³/mol. The highest BCUT2D eigenvalue weighted by atomic mass is 16.7. The summed E-state index contributed by atoms with van der Waals surface area (Å²) in [5.74, 6) is 1.65. The van der Waals surface area contributed by atoms with Crippen LogP contribution in [0.25, 0.3) is 17.1 Å². The molecule has 0 unspecified atom stereocenters. The molecule has 2 heterocycles. The fraction of sp³-hybridized carbons (Fsp3) is 0.160. The van der Waals surface area contributed by atoms with Crippen molar-refractivity contribution in [3.63, 3.8) is 0 Å². The molecule has 0 atom stereocenters. The number of aryl methyl sites for hydroxylation is 1. The molecule has 4 aromatic rings. The van der Waals surface area contributed by atoms with Crippen LogP contribution in [0.1, 0.15) is 22.8 Å². The Balaban J connectivity index is 1.39. The van der Waals surface area contributed by atoms with Crippen molar-refractivity contribution < 1.29 is 19.0 Å². The second-order valence-corrected chi connectivity index (χ2v) is 7.50. The Hall–Kier alpha value is -4.33. The maximum absolute atomic E-state index is 12.7. The van der Waals surface area contributed by atoms with Crippen LogP contribution in [0.2, 0.25) is 0 Å². The average Bonchev–Trinajstić information content (AvgIpc) is 3.47. The lowest BCUT2D eigenvalue weighted by atomic mass is 10.1. The minimum atomic E-state index is -0.235. The molecule has 1 N–H and O–H groups in total. The number of anilines is 1. The third-order valence-corrected chi connectivity index (χ3v) is 5.18. The SMILES string of the molecule is CCOc1nc(-c2ccc(C)cc2)n(-c2ccc(NC(=O)c3ccc4c(c3)OCO4)cc2)n1. The lowest BCUT2D eigenvalue weighted by molar-refractivity contribution is 0.102. The van der Waals surface area contributed by atoms with E-state index in [1.54, 1.807) is 22.9 Å². The summed E-state index contributed by atoms with van der Waals surface area (Å²) in [5.41, 5.74) is 4.04. The predicted octanol–water partition coefficient (Wildman–Crippen LogP) is 4.62. The highest BCUT2D eigenvalue weighted by Gasteiger charge is 2.17. The molecule has 0 saturated heterocycles. The van der Waals surface area contributed by atoms with Gasteiger partial charge >= 0.3 is 6.01 Å². The van der Waals surface area contributed by atoms with Gasteiger partial charge in [0.25, 0.3) is 5.91 Å². The van der Waals surface area contributed by atoms with Gasteiger partial charge in [-0.1, -0.05) is 29.8 Å². The zero-order valence-electron chi connectivity index (χ0n) is 18.2. The second-order valence-electron chi connectivity index (χ2n) is 7.50. The highest BCUT2D eigenvalue weighted by molar-refractivity contribution is 6.04. The summed E-state index contributed by atoms with van der Waals surface area (Å²) in [6.45, 7) is 4.57. The molecule has 1 amide bonds. The quantitative estimate of drug-likeness (QED) is 0.469. The van der Waals surface area contributed by atoms with Gasteiger partial charge in [-0.3, -0.25) is 4.79 Å². The molecule has 3 aromatic carbocycles. The van der Waals surface area contributed by atoms with Crippen molar-refractivity contribution in [3.05, 3.63) is 77.9 Å². The van der Waals surface area contributed by atoms with Crippen LogP contribution < -0.4 is 19.5 Å². The number of carbonyl (C=O) groups excluding carboxylic acids is 1. The van der Waals surface area contributed by atoms with Gasteiger partial charge in [0.2, 0.25) is 6.79 Å². The van der Waals surface area contributed by atoms with E-state index in [4.69, 9.17) is 14.2 Å². The van der Waals surface area contributed by atoms with E-state index in [1.807, 2.05) is 62.4 Å². The minimum absolute atomic E-state index is 0.166. The van der Waals surface area contributed by atoms with Gasteiger partial charge in [-0.2, -0.15) is 4.98 Å². The number of fused-ring (bicyclic) bond motifs is 1. The van der Waals surface area contributed by atoms with E-state index in [0.717, 1.165) is 16.8 Å². The van der Waals surface area contributed by atoms with Crippen LogP contribution in [0.3, 0.4) is 0 Å². The van der Waals surface area contributed by atoms with E-state index in [0.29, 0.717) is 41.2 Å². The number of aromatic nitrogens is 3. The first-order chi connectivity index (χ1) is 16.1. The van der Waals surface area contributed by atoms with Gasteiger partial charge < -0.3 is 19.5 Å². The van der Waals surface area contributed by atoms with E-state index in [-0.39, 0.29) is 12.7 Å². The molecular formula is C25H22N4O4. The van der Waals surface area contributed by atoms with E-state index in [9.17, 15) is 4.79 Å². The van der Waals surface area contributed by atoms with Gasteiger partial charge in [-0.05, 0) is 56.3 Å². The van der Waals surface area contributed by atoms with Crippen molar-refractivity contribution in [1.29, 1.82) is 0 Å². The Kier molecular flexibility index (Phi) is 5.40. The lowest BCUT2D eigenvalue weighted by Crippen LogP contribution is -2.11. The third-order valence-electron chi connectivity index (χ3n) is 5.18. The summed E-state index contributed by atoms with van der Waals surface area (Å²) in [7, 11) is 0. The zero-order valence-corrected chi connectivity index (χ0v) is 18.2. The first kappa shape index (κ1) is 20.6. The monoisotopic (exact) mass is 442 g/mol. The second kappa shape index (κ2) is 8.66. The average molecular weight is 442 g/mol. The van der Waals surface area contributed by atoms with Crippen LogP contribution in [-0.2, 0) is 0 Å². The van der Waals surface area contributed by atoms with E-state index in [2.05, 4.69) is 15.4 Å². The molecule has 5 rings (SSSR count). The summed E-state index contributed by atoms with van der Waals surface area (Å²) in [4.78, 5) is 17.2. The van der Waals surface area contributed by atoms with Gasteiger partial charge in [0, 0.05) is 16.8 Å². The van der Waals surface area contributed by atoms with Crippen LogP contribution >= 0.6 is 0 Å². The van der Waals surface area contributed by atoms with Crippen LogP contribution in [0.5, 0.6) is 17.5 Å². The molecule has 166 valence electrons. The molecule has 0 aliphatic carbocycles. The summed E-state index contributed by atoms with van der Waals surface area (Å²) >= 11 is 0. The number of carbonyl (C=O) groups is 1. The smallest absolute Gasteiger partial charge is 0.336 e. The van der Waals surface area contributed by atoms with Gasteiger partial charge in [0.05, 0.1) is 12.3 Å². The number of rotatable bonds is 6. The van der Waals surface area contributed by atoms with E-state index >= 15 is 0 Å². The first-order valence-electron chi connectivity index (χ1n) is 10.6. The number of ether oxygens (including phenoxy) is 3. The normalized spacial score (nSPS) is 11.9. The number of nitrogens with zero attached hydrogens (tertiary/aromatic N) is 3. The van der Waals surface area contributed by atoms with Crippen LogP contribution in [-0.4, -0.2) is 34.1 Å². The summed E-state index contributed by atoms with van der Waals surface area (Å²) < 4.78 is 17.9. The maximum atomic E-state index is 12.7. The Labute approximate surface area is 190 Å². The topological polar surface area (TPSA) is 87.5 Å². The Morgan fingerprint density at radius 3 is 2.55 bits per heavy atom. The van der Waals surface area contributed by atoms with Crippen molar-refractivity contribution in [2.24, 2.45) is 0 Å². The number of benzene rings is 3. The van der Waals surface area contributed by atoms with Crippen LogP contribution in [0, 0.1) is 6.92 Å². The van der Waals surface area contributed by atoms with Gasteiger partial charge in [-0.15, -0.1) is 5.10 Å². The number of hydrogen-bond donors (Lipinski definition) is 1. The van der Waals surface area contributed by atoms with Crippen molar-refractivity contribution in [2.75, 3.05) is 18.7 Å². The van der Waals surface area contributed by atoms with Crippen molar-refractivity contribution in [2.45, 2.75) is 13.8 Å². The van der Waals surface area contributed by atoms with Crippen molar-refractivity contribution in [3.8, 4) is 34.6 Å². The number of nitrogens with one attached hydrogen (secondary N) is 1. The molecule has 1 aliphatic rings. The summed E-state index contributed by atoms with van der Waals surface area (Å²) in [5, 5.41) is 7.41. The Morgan fingerprint density at radius 2 is 1.79 bits per heavy atom. The largest absolute Gasteiger partial charge is 0.463 e. The third kappa shape index (κ3) is 4.23. The minimum Gasteiger partial charge on any atom is -0.463 e. The molecule has 8 heteroatoms. The van der Waals surface area contributed by atoms with Crippen molar-refractivity contribution in [1.82, 2.24) is 14.8 Å². The molecule has 0 radical (unpaired) electrons. The Morgan fingerprint density at radius 1 is 1.03 bits per heavy atom. The number of hydrogen-bond acceptors (Lipinski definition) is 6. The molecule has 0 saturated carbocycles. The van der Waals surface area contributed by atoms with Crippen LogP contribution in [0.4, 0.5) is 5.69 Å². The highest BCUT2D eigenvalue weighted by Crippen LogP contribution is 2.32. The lowest BCUT2D eigenvalue weighted by Gasteiger charge is -2.09. The molecular weight excluding hydrogens is 420 g/mol. The molecule has 33 heavy (non-hydrogen) atoms. The van der Waals surface area contributed by atoms with Gasteiger partial charge in [0.1, 0.15) is 0 Å². The Bertz CT molecular complexity index is 1300. The fourth-order valence-electron chi connectivity index (χ4n) is 3.48. The molecule has 1 aliphatic heterocycles. The molecule has 1 aromatic heterocycles. The zero-order chi connectivity index (χ0) is 22.8. The first-order valence-corrected chi connectivity index (χ1v) is 10.6. The maximum Gasteiger partial charge on any atom is 0.336 e. The van der Waals surface area contributed by atoms with E-state index in [1.165, 1.54) is 0 Å². The molecule has 0 fully saturated rings. The fourth-order valence-corrected chi connectivity index (χ4v) is 3.48. The van der Waals surface area contributed by atoms with Gasteiger partial charge in [0.15, 0.2) is 17.3 Å².